The fourth-order valence-electron chi connectivity index (χ4n) is 2.55. The summed E-state index contributed by atoms with van der Waals surface area (Å²) in [6.07, 6.45) is 0.945. The molecule has 22 heavy (non-hydrogen) atoms. The Balaban J connectivity index is 1.65. The molecule has 1 N–H and O–H groups in total. The van der Waals surface area contributed by atoms with Crippen molar-refractivity contribution >= 4 is 22.4 Å². The molecule has 1 aromatic heterocycles. The van der Waals surface area contributed by atoms with Gasteiger partial charge in [0.15, 0.2) is 5.13 Å². The Morgan fingerprint density at radius 1 is 1.45 bits per heavy atom. The number of halogens is 1. The molecule has 0 radical (unpaired) electrons. The number of anilines is 1. The summed E-state index contributed by atoms with van der Waals surface area (Å²) in [5.74, 6) is -0.585. The molecule has 0 atom stereocenters. The van der Waals surface area contributed by atoms with Gasteiger partial charge in [0.05, 0.1) is 12.1 Å². The molecule has 0 aliphatic carbocycles. The van der Waals surface area contributed by atoms with Gasteiger partial charge in [0.2, 0.25) is 5.91 Å². The molecule has 0 spiro atoms. The standard InChI is InChI=1S/C16H18FN3OS/c1-2-20-8-7-13-14(10-20)22-16(18-13)19-15(21)9-11-5-3-4-6-12(11)17/h3-6H,2,7-10H2,1H3,(H,18,19,21). The first-order valence-corrected chi connectivity index (χ1v) is 8.21. The first kappa shape index (κ1) is 15.1. The number of carbonyl (C=O) groups is 1. The van der Waals surface area contributed by atoms with Crippen LogP contribution in [0.3, 0.4) is 0 Å². The van der Waals surface area contributed by atoms with E-state index < -0.39 is 0 Å². The summed E-state index contributed by atoms with van der Waals surface area (Å²) in [4.78, 5) is 20.1. The number of fused-ring (bicyclic) bond motifs is 1. The van der Waals surface area contributed by atoms with Crippen molar-refractivity contribution in [1.29, 1.82) is 0 Å². The zero-order chi connectivity index (χ0) is 15.5. The summed E-state index contributed by atoms with van der Waals surface area (Å²) in [5, 5.41) is 3.41. The first-order valence-electron chi connectivity index (χ1n) is 7.40. The fourth-order valence-corrected chi connectivity index (χ4v) is 3.62. The van der Waals surface area contributed by atoms with Crippen molar-refractivity contribution in [3.8, 4) is 0 Å². The molecule has 2 aromatic rings. The maximum absolute atomic E-state index is 13.6. The van der Waals surface area contributed by atoms with Crippen LogP contribution < -0.4 is 5.32 Å². The smallest absolute Gasteiger partial charge is 0.230 e. The number of benzene rings is 1. The molecule has 3 rings (SSSR count). The summed E-state index contributed by atoms with van der Waals surface area (Å²) in [6.45, 7) is 5.07. The van der Waals surface area contributed by atoms with Gasteiger partial charge < -0.3 is 5.32 Å². The number of amides is 1. The van der Waals surface area contributed by atoms with Crippen molar-refractivity contribution in [2.45, 2.75) is 26.3 Å². The molecule has 0 unspecified atom stereocenters. The second-order valence-corrected chi connectivity index (χ2v) is 6.41. The number of nitrogens with one attached hydrogen (secondary N) is 1. The predicted octanol–water partition coefficient (Wildman–Crippen LogP) is 2.84. The lowest BCUT2D eigenvalue weighted by Crippen LogP contribution is -2.29. The van der Waals surface area contributed by atoms with Crippen LogP contribution >= 0.6 is 11.3 Å². The van der Waals surface area contributed by atoms with E-state index in [1.807, 2.05) is 0 Å². The van der Waals surface area contributed by atoms with Crippen LogP contribution in [0, 0.1) is 5.82 Å². The van der Waals surface area contributed by atoms with E-state index in [1.54, 1.807) is 18.2 Å². The summed E-state index contributed by atoms with van der Waals surface area (Å²) >= 11 is 1.52. The number of aromatic nitrogens is 1. The molecule has 0 bridgehead atoms. The lowest BCUT2D eigenvalue weighted by molar-refractivity contribution is -0.115. The van der Waals surface area contributed by atoms with Crippen LogP contribution in [0.5, 0.6) is 0 Å². The van der Waals surface area contributed by atoms with Gasteiger partial charge in [-0.1, -0.05) is 25.1 Å². The van der Waals surface area contributed by atoms with E-state index in [4.69, 9.17) is 0 Å². The molecular formula is C16H18FN3OS. The van der Waals surface area contributed by atoms with E-state index in [2.05, 4.69) is 22.1 Å². The monoisotopic (exact) mass is 319 g/mol. The number of likely N-dealkylation sites (N-methyl/N-ethyl adjacent to an activating group) is 1. The second kappa shape index (κ2) is 6.54. The zero-order valence-corrected chi connectivity index (χ0v) is 13.3. The van der Waals surface area contributed by atoms with E-state index in [0.29, 0.717) is 10.7 Å². The highest BCUT2D eigenvalue weighted by atomic mass is 32.1. The lowest BCUT2D eigenvalue weighted by atomic mass is 10.1. The summed E-state index contributed by atoms with van der Waals surface area (Å²) in [7, 11) is 0. The highest BCUT2D eigenvalue weighted by Crippen LogP contribution is 2.28. The number of nitrogens with zero attached hydrogens (tertiary/aromatic N) is 2. The quantitative estimate of drug-likeness (QED) is 0.942. The molecule has 2 heterocycles. The van der Waals surface area contributed by atoms with Gasteiger partial charge in [0.1, 0.15) is 5.82 Å². The SMILES string of the molecule is CCN1CCc2nc(NC(=O)Cc3ccccc3F)sc2C1. The molecular weight excluding hydrogens is 301 g/mol. The molecule has 6 heteroatoms. The van der Waals surface area contributed by atoms with Crippen molar-refractivity contribution in [3.05, 3.63) is 46.2 Å². The van der Waals surface area contributed by atoms with Crippen LogP contribution in [0.2, 0.25) is 0 Å². The van der Waals surface area contributed by atoms with Gasteiger partial charge >= 0.3 is 0 Å². The Hall–Kier alpha value is -1.79. The Bertz CT molecular complexity index is 686. The topological polar surface area (TPSA) is 45.2 Å². The van der Waals surface area contributed by atoms with Gasteiger partial charge in [0, 0.05) is 24.4 Å². The summed E-state index contributed by atoms with van der Waals surface area (Å²) in [5.41, 5.74) is 1.48. The Kier molecular flexibility index (Phi) is 4.49. The van der Waals surface area contributed by atoms with Crippen LogP contribution in [0.4, 0.5) is 9.52 Å². The minimum Gasteiger partial charge on any atom is -0.302 e. The molecule has 116 valence electrons. The van der Waals surface area contributed by atoms with Gasteiger partial charge in [-0.25, -0.2) is 9.37 Å². The maximum Gasteiger partial charge on any atom is 0.230 e. The molecule has 1 aromatic carbocycles. The number of hydrogen-bond acceptors (Lipinski definition) is 4. The fraction of sp³-hybridized carbons (Fsp3) is 0.375. The number of hydrogen-bond donors (Lipinski definition) is 1. The van der Waals surface area contributed by atoms with Gasteiger partial charge in [0.25, 0.3) is 0 Å². The molecule has 0 saturated heterocycles. The molecule has 1 amide bonds. The van der Waals surface area contributed by atoms with E-state index in [1.165, 1.54) is 22.3 Å². The molecule has 1 aliphatic heterocycles. The van der Waals surface area contributed by atoms with Gasteiger partial charge in [-0.2, -0.15) is 0 Å². The van der Waals surface area contributed by atoms with Crippen LogP contribution in [-0.4, -0.2) is 28.9 Å². The highest BCUT2D eigenvalue weighted by Gasteiger charge is 2.20. The van der Waals surface area contributed by atoms with Crippen molar-refractivity contribution < 1.29 is 9.18 Å². The normalized spacial score (nSPS) is 14.6. The van der Waals surface area contributed by atoms with Crippen molar-refractivity contribution in [3.63, 3.8) is 0 Å². The van der Waals surface area contributed by atoms with Gasteiger partial charge in [-0.3, -0.25) is 9.69 Å². The average molecular weight is 319 g/mol. The lowest BCUT2D eigenvalue weighted by Gasteiger charge is -2.23. The molecule has 0 saturated carbocycles. The largest absolute Gasteiger partial charge is 0.302 e. The third-order valence-corrected chi connectivity index (χ3v) is 4.81. The molecule has 0 fully saturated rings. The molecule has 4 nitrogen and oxygen atoms in total. The second-order valence-electron chi connectivity index (χ2n) is 5.32. The minimum absolute atomic E-state index is 0.0258. The van der Waals surface area contributed by atoms with E-state index in [-0.39, 0.29) is 18.1 Å². The molecule has 1 aliphatic rings. The predicted molar refractivity (Wildman–Crippen MR) is 85.5 cm³/mol. The van der Waals surface area contributed by atoms with Crippen LogP contribution in [-0.2, 0) is 24.2 Å². The maximum atomic E-state index is 13.6. The third-order valence-electron chi connectivity index (χ3n) is 3.81. The Morgan fingerprint density at radius 3 is 3.05 bits per heavy atom. The van der Waals surface area contributed by atoms with Crippen molar-refractivity contribution in [2.24, 2.45) is 0 Å². The highest BCUT2D eigenvalue weighted by molar-refractivity contribution is 7.15. The Labute approximate surface area is 133 Å². The van der Waals surface area contributed by atoms with E-state index >= 15 is 0 Å². The third kappa shape index (κ3) is 3.34. The zero-order valence-electron chi connectivity index (χ0n) is 12.4. The van der Waals surface area contributed by atoms with Crippen LogP contribution in [0.15, 0.2) is 24.3 Å². The van der Waals surface area contributed by atoms with Crippen LogP contribution in [0.1, 0.15) is 23.1 Å². The number of rotatable bonds is 4. The number of thiazole rings is 1. The minimum atomic E-state index is -0.352. The first-order chi connectivity index (χ1) is 10.7. The van der Waals surface area contributed by atoms with Gasteiger partial charge in [-0.15, -0.1) is 11.3 Å². The van der Waals surface area contributed by atoms with Crippen molar-refractivity contribution in [2.75, 3.05) is 18.4 Å². The van der Waals surface area contributed by atoms with E-state index in [9.17, 15) is 9.18 Å². The number of carbonyl (C=O) groups excluding carboxylic acids is 1. The average Bonchev–Trinajstić information content (AvgIpc) is 2.90. The van der Waals surface area contributed by atoms with Crippen LogP contribution in [0.25, 0.3) is 0 Å². The van der Waals surface area contributed by atoms with Crippen molar-refractivity contribution in [1.82, 2.24) is 9.88 Å². The summed E-state index contributed by atoms with van der Waals surface area (Å²) < 4.78 is 13.6. The van der Waals surface area contributed by atoms with Gasteiger partial charge in [-0.05, 0) is 18.2 Å². The Morgan fingerprint density at radius 2 is 2.27 bits per heavy atom. The van der Waals surface area contributed by atoms with E-state index in [0.717, 1.165) is 31.7 Å². The summed E-state index contributed by atoms with van der Waals surface area (Å²) in [6, 6.07) is 6.34.